The molecule has 4 rings (SSSR count). The van der Waals surface area contributed by atoms with Crippen molar-refractivity contribution in [2.24, 2.45) is 5.92 Å². The van der Waals surface area contributed by atoms with Crippen LogP contribution in [0, 0.1) is 5.92 Å². The van der Waals surface area contributed by atoms with Crippen molar-refractivity contribution in [1.82, 2.24) is 15.0 Å². The average Bonchev–Trinajstić information content (AvgIpc) is 3.04. The first-order valence-electron chi connectivity index (χ1n) is 9.42. The summed E-state index contributed by atoms with van der Waals surface area (Å²) in [5.41, 5.74) is 2.84. The summed E-state index contributed by atoms with van der Waals surface area (Å²) in [4.78, 5) is 13.1. The zero-order valence-corrected chi connectivity index (χ0v) is 15.6. The summed E-state index contributed by atoms with van der Waals surface area (Å²) < 4.78 is 0. The molecule has 0 radical (unpaired) electrons. The minimum absolute atomic E-state index is 0.137. The van der Waals surface area contributed by atoms with Crippen LogP contribution in [0.3, 0.4) is 0 Å². The Hall–Kier alpha value is -2.21. The molecule has 6 heteroatoms. The van der Waals surface area contributed by atoms with Crippen LogP contribution in [-0.4, -0.2) is 32.2 Å². The lowest BCUT2D eigenvalue weighted by atomic mass is 9.86. The molecule has 2 aliphatic carbocycles. The number of anilines is 2. The smallest absolute Gasteiger partial charge is 0.227 e. The van der Waals surface area contributed by atoms with Crippen molar-refractivity contribution in [1.29, 1.82) is 0 Å². The lowest BCUT2D eigenvalue weighted by Crippen LogP contribution is -2.20. The van der Waals surface area contributed by atoms with Crippen LogP contribution >= 0.6 is 0 Å². The lowest BCUT2D eigenvalue weighted by molar-refractivity contribution is 0.141. The molecule has 1 saturated carbocycles. The highest BCUT2D eigenvalue weighted by atomic mass is 16.3. The summed E-state index contributed by atoms with van der Waals surface area (Å²) in [5.74, 6) is 1.47. The molecule has 1 aromatic heterocycles. The summed E-state index contributed by atoms with van der Waals surface area (Å²) in [6.45, 7) is 6.63. The number of fused-ring (bicyclic) bond motifs is 1. The maximum Gasteiger partial charge on any atom is 0.227 e. The van der Waals surface area contributed by atoms with Crippen molar-refractivity contribution >= 4 is 11.9 Å². The molecule has 6 nitrogen and oxygen atoms in total. The van der Waals surface area contributed by atoms with Crippen LogP contribution < -0.4 is 10.6 Å². The number of hydrogen-bond acceptors (Lipinski definition) is 6. The molecule has 0 saturated heterocycles. The summed E-state index contributed by atoms with van der Waals surface area (Å²) in [6, 6.07) is 8.99. The van der Waals surface area contributed by atoms with E-state index in [1.54, 1.807) is 6.33 Å². The quantitative estimate of drug-likeness (QED) is 0.782. The van der Waals surface area contributed by atoms with Crippen molar-refractivity contribution in [3.63, 3.8) is 0 Å². The van der Waals surface area contributed by atoms with E-state index in [0.717, 1.165) is 19.3 Å². The van der Waals surface area contributed by atoms with Crippen molar-refractivity contribution in [2.75, 3.05) is 10.6 Å². The van der Waals surface area contributed by atoms with Gasteiger partial charge in [-0.25, -0.2) is 9.97 Å². The molecule has 4 atom stereocenters. The fourth-order valence-electron chi connectivity index (χ4n) is 4.39. The Morgan fingerprint density at radius 1 is 1.08 bits per heavy atom. The molecule has 1 heterocycles. The van der Waals surface area contributed by atoms with E-state index >= 15 is 0 Å². The average molecular weight is 353 g/mol. The summed E-state index contributed by atoms with van der Waals surface area (Å²) in [6.07, 6.45) is 3.97. The Balaban J connectivity index is 1.48. The summed E-state index contributed by atoms with van der Waals surface area (Å²) in [5, 5.41) is 16.8. The predicted octanol–water partition coefficient (Wildman–Crippen LogP) is 3.28. The Morgan fingerprint density at radius 3 is 2.54 bits per heavy atom. The highest BCUT2D eigenvalue weighted by Gasteiger charge is 2.36. The van der Waals surface area contributed by atoms with E-state index in [1.165, 1.54) is 11.1 Å². The first kappa shape index (κ1) is 17.2. The van der Waals surface area contributed by atoms with Gasteiger partial charge in [0, 0.05) is 6.04 Å². The number of nitrogens with zero attached hydrogens (tertiary/aromatic N) is 3. The highest BCUT2D eigenvalue weighted by molar-refractivity contribution is 5.46. The van der Waals surface area contributed by atoms with Gasteiger partial charge in [0.15, 0.2) is 0 Å². The Bertz CT molecular complexity index is 783. The number of rotatable bonds is 4. The van der Waals surface area contributed by atoms with Crippen LogP contribution in [0.25, 0.3) is 0 Å². The predicted molar refractivity (Wildman–Crippen MR) is 102 cm³/mol. The maximum atomic E-state index is 9.93. The fourth-order valence-corrected chi connectivity index (χ4v) is 4.39. The van der Waals surface area contributed by atoms with Gasteiger partial charge in [0.05, 0.1) is 12.1 Å². The Labute approximate surface area is 154 Å². The van der Waals surface area contributed by atoms with Gasteiger partial charge >= 0.3 is 0 Å². The van der Waals surface area contributed by atoms with Crippen LogP contribution in [0.5, 0.6) is 0 Å². The molecule has 2 aromatic rings. The van der Waals surface area contributed by atoms with Crippen molar-refractivity contribution < 1.29 is 5.11 Å². The number of nitrogens with one attached hydrogen (secondary N) is 2. The third-order valence-electron chi connectivity index (χ3n) is 5.83. The number of aliphatic hydroxyl groups is 1. The second-order valence-electron chi connectivity index (χ2n) is 8.36. The van der Waals surface area contributed by atoms with Crippen LogP contribution in [0.2, 0.25) is 0 Å². The van der Waals surface area contributed by atoms with E-state index in [0.29, 0.717) is 17.8 Å². The van der Waals surface area contributed by atoms with Crippen LogP contribution in [0.15, 0.2) is 30.6 Å². The summed E-state index contributed by atoms with van der Waals surface area (Å²) >= 11 is 0. The molecular formula is C20H27N5O. The molecule has 1 aromatic carbocycles. The second-order valence-corrected chi connectivity index (χ2v) is 8.36. The Kier molecular flexibility index (Phi) is 4.31. The summed E-state index contributed by atoms with van der Waals surface area (Å²) in [7, 11) is 0. The van der Waals surface area contributed by atoms with Crippen molar-refractivity contribution in [3.05, 3.63) is 41.7 Å². The van der Waals surface area contributed by atoms with E-state index in [4.69, 9.17) is 0 Å². The minimum atomic E-state index is -0.246. The van der Waals surface area contributed by atoms with E-state index in [-0.39, 0.29) is 23.6 Å². The molecule has 0 aliphatic heterocycles. The van der Waals surface area contributed by atoms with Crippen LogP contribution in [-0.2, 0) is 5.41 Å². The second kappa shape index (κ2) is 6.50. The van der Waals surface area contributed by atoms with Crippen LogP contribution in [0.4, 0.5) is 11.9 Å². The molecule has 0 unspecified atom stereocenters. The van der Waals surface area contributed by atoms with Gasteiger partial charge in [0.1, 0.15) is 6.33 Å². The maximum absolute atomic E-state index is 9.93. The molecule has 0 spiro atoms. The van der Waals surface area contributed by atoms with E-state index in [2.05, 4.69) is 70.6 Å². The third kappa shape index (κ3) is 3.26. The lowest BCUT2D eigenvalue weighted by Gasteiger charge is -2.19. The molecule has 2 aliphatic rings. The number of benzene rings is 1. The van der Waals surface area contributed by atoms with Gasteiger partial charge in [-0.05, 0) is 41.7 Å². The minimum Gasteiger partial charge on any atom is -0.393 e. The zero-order valence-electron chi connectivity index (χ0n) is 15.6. The molecular weight excluding hydrogens is 326 g/mol. The van der Waals surface area contributed by atoms with Gasteiger partial charge in [-0.1, -0.05) is 45.0 Å². The largest absolute Gasteiger partial charge is 0.393 e. The molecule has 1 fully saturated rings. The third-order valence-corrected chi connectivity index (χ3v) is 5.83. The number of aromatic nitrogens is 3. The van der Waals surface area contributed by atoms with Gasteiger partial charge in [-0.15, -0.1) is 0 Å². The van der Waals surface area contributed by atoms with E-state index in [1.807, 2.05) is 0 Å². The molecule has 138 valence electrons. The topological polar surface area (TPSA) is 83.0 Å². The van der Waals surface area contributed by atoms with Gasteiger partial charge < -0.3 is 15.7 Å². The monoisotopic (exact) mass is 353 g/mol. The standard InChI is InChI=1S/C20H27N5O/c1-12-8-13(9-17(12)26)23-18-21-11-22-19(25-18)24-16-10-20(2,3)15-7-5-4-6-14(15)16/h4-7,11-13,16-17,26H,8-10H2,1-3H3,(H2,21,22,23,24,25)/t12-,13+,16-,17-/m0/s1. The molecule has 0 bridgehead atoms. The van der Waals surface area contributed by atoms with Gasteiger partial charge in [-0.3, -0.25) is 0 Å². The number of aliphatic hydroxyl groups excluding tert-OH is 1. The van der Waals surface area contributed by atoms with Crippen molar-refractivity contribution in [3.8, 4) is 0 Å². The Morgan fingerprint density at radius 2 is 1.81 bits per heavy atom. The van der Waals surface area contributed by atoms with Gasteiger partial charge in [0.25, 0.3) is 0 Å². The normalized spacial score (nSPS) is 29.4. The zero-order chi connectivity index (χ0) is 18.3. The molecule has 3 N–H and O–H groups in total. The van der Waals surface area contributed by atoms with E-state index < -0.39 is 0 Å². The highest BCUT2D eigenvalue weighted by Crippen LogP contribution is 2.45. The first-order chi connectivity index (χ1) is 12.4. The molecule has 0 amide bonds. The number of hydrogen-bond donors (Lipinski definition) is 3. The van der Waals surface area contributed by atoms with Crippen LogP contribution in [0.1, 0.15) is 57.2 Å². The molecule has 26 heavy (non-hydrogen) atoms. The van der Waals surface area contributed by atoms with Gasteiger partial charge in [0.2, 0.25) is 11.9 Å². The first-order valence-corrected chi connectivity index (χ1v) is 9.42. The van der Waals surface area contributed by atoms with Crippen molar-refractivity contribution in [2.45, 2.75) is 63.6 Å². The van der Waals surface area contributed by atoms with Gasteiger partial charge in [-0.2, -0.15) is 4.98 Å². The SMILES string of the molecule is C[C@H]1C[C@@H](Nc2ncnc(N[C@H]3CC(C)(C)c4ccccc43)n2)C[C@@H]1O. The fraction of sp³-hybridized carbons (Fsp3) is 0.550. The van der Waals surface area contributed by atoms with E-state index in [9.17, 15) is 5.11 Å².